The maximum Gasteiger partial charge on any atom is 0.305 e. The van der Waals surface area contributed by atoms with Crippen molar-refractivity contribution >= 4 is 11.9 Å². The van der Waals surface area contributed by atoms with Crippen LogP contribution in [0.4, 0.5) is 0 Å². The fraction of sp³-hybridized carbons (Fsp3) is 0.882. The molecule has 0 spiro atoms. The number of ether oxygens (including phenoxy) is 1. The Morgan fingerprint density at radius 1 is 0.365 bits per heavy atom. The molecule has 0 heterocycles. The molecule has 0 aliphatic rings. The van der Waals surface area contributed by atoms with Gasteiger partial charge in [0.05, 0.1) is 25.4 Å². The van der Waals surface area contributed by atoms with E-state index in [2.05, 4.69) is 43.5 Å². The summed E-state index contributed by atoms with van der Waals surface area (Å²) in [6.45, 7) is 4.89. The second-order valence-corrected chi connectivity index (χ2v) is 22.8. The number of allylic oxidation sites excluding steroid dienone is 5. The highest BCUT2D eigenvalue weighted by molar-refractivity contribution is 5.76. The monoisotopic (exact) mass is 1040 g/mol. The number of unbranched alkanes of at least 4 members (excludes halogenated alkanes) is 47. The van der Waals surface area contributed by atoms with Gasteiger partial charge in [0, 0.05) is 12.8 Å². The SMILES string of the molecule is CCCC/C=C\CCCCCCCC(=O)OCCCCCCCCCCCCCC/C=C\CCCCCCCCCCCC(=O)NC(CO)C(O)/C=C/CCCCCCCCCCCCCCCCCCCCC. The summed E-state index contributed by atoms with van der Waals surface area (Å²) >= 11 is 0. The first-order valence-electron chi connectivity index (χ1n) is 33.3. The number of amides is 1. The van der Waals surface area contributed by atoms with Crippen LogP contribution in [0.5, 0.6) is 0 Å². The topological polar surface area (TPSA) is 95.9 Å². The van der Waals surface area contributed by atoms with E-state index in [0.29, 0.717) is 19.4 Å². The van der Waals surface area contributed by atoms with E-state index in [4.69, 9.17) is 4.74 Å². The third kappa shape index (κ3) is 59.3. The molecule has 0 bridgehead atoms. The van der Waals surface area contributed by atoms with Crippen LogP contribution in [-0.2, 0) is 14.3 Å². The van der Waals surface area contributed by atoms with Crippen molar-refractivity contribution in [3.63, 3.8) is 0 Å². The zero-order valence-electron chi connectivity index (χ0n) is 49.8. The van der Waals surface area contributed by atoms with E-state index in [1.807, 2.05) is 6.08 Å². The standard InChI is InChI=1S/C68H129NO5/c1-3-5-7-9-11-13-15-16-17-18-19-25-28-31-34-37-41-44-48-52-56-60-66(71)65(64-70)69-67(72)61-57-53-49-45-42-38-35-32-29-26-23-21-20-22-24-27-30-33-36-39-43-47-51-55-59-63-74-68(73)62-58-54-50-46-40-14-12-10-8-6-4-2/h10,12,21,23,56,60,65-66,70-71H,3-9,11,13-20,22,24-55,57-59,61-64H2,1-2H3,(H,69,72)/b12-10-,23-21-,60-56+. The summed E-state index contributed by atoms with van der Waals surface area (Å²) < 4.78 is 5.46. The Morgan fingerprint density at radius 2 is 0.649 bits per heavy atom. The molecule has 0 rings (SSSR count). The minimum Gasteiger partial charge on any atom is -0.466 e. The van der Waals surface area contributed by atoms with E-state index in [1.165, 1.54) is 289 Å². The van der Waals surface area contributed by atoms with Gasteiger partial charge in [-0.1, -0.05) is 307 Å². The Kier molecular flexibility index (Phi) is 62.0. The second-order valence-electron chi connectivity index (χ2n) is 22.8. The van der Waals surface area contributed by atoms with Gasteiger partial charge in [-0.25, -0.2) is 0 Å². The molecule has 74 heavy (non-hydrogen) atoms. The molecular weight excluding hydrogens is 911 g/mol. The Morgan fingerprint density at radius 3 is 1.00 bits per heavy atom. The quantitative estimate of drug-likeness (QED) is 0.0320. The van der Waals surface area contributed by atoms with Gasteiger partial charge in [0.2, 0.25) is 5.91 Å². The van der Waals surface area contributed by atoms with Gasteiger partial charge in [0.1, 0.15) is 0 Å². The van der Waals surface area contributed by atoms with E-state index in [9.17, 15) is 19.8 Å². The molecule has 6 nitrogen and oxygen atoms in total. The van der Waals surface area contributed by atoms with Gasteiger partial charge in [0.15, 0.2) is 0 Å². The zero-order valence-corrected chi connectivity index (χ0v) is 49.8. The first-order valence-corrected chi connectivity index (χ1v) is 33.3. The van der Waals surface area contributed by atoms with Crippen molar-refractivity contribution in [1.29, 1.82) is 0 Å². The molecule has 436 valence electrons. The molecule has 0 saturated heterocycles. The van der Waals surface area contributed by atoms with Crippen LogP contribution in [0.2, 0.25) is 0 Å². The molecule has 0 aliphatic carbocycles. The zero-order chi connectivity index (χ0) is 53.6. The highest BCUT2D eigenvalue weighted by atomic mass is 16.5. The summed E-state index contributed by atoms with van der Waals surface area (Å²) in [5, 5.41) is 23.2. The average Bonchev–Trinajstić information content (AvgIpc) is 3.40. The van der Waals surface area contributed by atoms with Gasteiger partial charge in [-0.3, -0.25) is 9.59 Å². The predicted molar refractivity (Wildman–Crippen MR) is 324 cm³/mol. The molecule has 0 saturated carbocycles. The van der Waals surface area contributed by atoms with E-state index < -0.39 is 12.1 Å². The van der Waals surface area contributed by atoms with Crippen LogP contribution < -0.4 is 5.32 Å². The van der Waals surface area contributed by atoms with Crippen LogP contribution in [0.3, 0.4) is 0 Å². The number of esters is 1. The third-order valence-electron chi connectivity index (χ3n) is 15.4. The summed E-state index contributed by atoms with van der Waals surface area (Å²) in [6, 6.07) is -0.631. The molecule has 1 amide bonds. The minimum atomic E-state index is -0.848. The van der Waals surface area contributed by atoms with Gasteiger partial charge in [-0.2, -0.15) is 0 Å². The summed E-state index contributed by atoms with van der Waals surface area (Å²) in [4.78, 5) is 24.5. The second kappa shape index (κ2) is 63.6. The first kappa shape index (κ1) is 72.1. The lowest BCUT2D eigenvalue weighted by Gasteiger charge is -2.20. The van der Waals surface area contributed by atoms with E-state index >= 15 is 0 Å². The Balaban J connectivity index is 3.44. The van der Waals surface area contributed by atoms with Crippen molar-refractivity contribution in [2.45, 2.75) is 373 Å². The van der Waals surface area contributed by atoms with Gasteiger partial charge >= 0.3 is 5.97 Å². The van der Waals surface area contributed by atoms with Crippen LogP contribution in [0.25, 0.3) is 0 Å². The minimum absolute atomic E-state index is 0.00207. The highest BCUT2D eigenvalue weighted by Crippen LogP contribution is 2.18. The molecule has 2 unspecified atom stereocenters. The van der Waals surface area contributed by atoms with Crippen molar-refractivity contribution < 1.29 is 24.5 Å². The summed E-state index contributed by atoms with van der Waals surface area (Å²) in [6.07, 6.45) is 80.6. The molecule has 6 heteroatoms. The smallest absolute Gasteiger partial charge is 0.305 e. The lowest BCUT2D eigenvalue weighted by Crippen LogP contribution is -2.45. The summed E-state index contributed by atoms with van der Waals surface area (Å²) in [5.74, 6) is -0.0660. The van der Waals surface area contributed by atoms with E-state index in [1.54, 1.807) is 6.08 Å². The molecule has 0 aromatic rings. The lowest BCUT2D eigenvalue weighted by atomic mass is 10.0. The van der Waals surface area contributed by atoms with Gasteiger partial charge < -0.3 is 20.3 Å². The molecule has 0 aromatic carbocycles. The van der Waals surface area contributed by atoms with Crippen molar-refractivity contribution in [1.82, 2.24) is 5.32 Å². The predicted octanol–water partition coefficient (Wildman–Crippen LogP) is 21.1. The fourth-order valence-electron chi connectivity index (χ4n) is 10.3. The van der Waals surface area contributed by atoms with Crippen LogP contribution in [0.15, 0.2) is 36.5 Å². The molecule has 2 atom stereocenters. The van der Waals surface area contributed by atoms with Gasteiger partial charge in [0.25, 0.3) is 0 Å². The van der Waals surface area contributed by atoms with Gasteiger partial charge in [-0.05, 0) is 77.0 Å². The number of carbonyl (C=O) groups excluding carboxylic acids is 2. The molecule has 0 aliphatic heterocycles. The third-order valence-corrected chi connectivity index (χ3v) is 15.4. The number of rotatable bonds is 62. The van der Waals surface area contributed by atoms with Crippen LogP contribution >= 0.6 is 0 Å². The molecule has 3 N–H and O–H groups in total. The first-order chi connectivity index (χ1) is 36.5. The van der Waals surface area contributed by atoms with Crippen molar-refractivity contribution in [3.8, 4) is 0 Å². The largest absolute Gasteiger partial charge is 0.466 e. The summed E-state index contributed by atoms with van der Waals surface area (Å²) in [7, 11) is 0. The Labute approximate surface area is 462 Å². The maximum absolute atomic E-state index is 12.5. The van der Waals surface area contributed by atoms with Crippen LogP contribution in [0.1, 0.15) is 361 Å². The average molecular weight is 1040 g/mol. The summed E-state index contributed by atoms with van der Waals surface area (Å²) in [5.41, 5.74) is 0. The van der Waals surface area contributed by atoms with Crippen LogP contribution in [-0.4, -0.2) is 47.4 Å². The van der Waals surface area contributed by atoms with E-state index in [-0.39, 0.29) is 18.5 Å². The Bertz CT molecular complexity index is 1200. The molecule has 0 aromatic heterocycles. The maximum atomic E-state index is 12.5. The number of carbonyl (C=O) groups is 2. The van der Waals surface area contributed by atoms with Crippen molar-refractivity contribution in [2.24, 2.45) is 0 Å². The number of hydrogen-bond acceptors (Lipinski definition) is 5. The molecule has 0 fully saturated rings. The normalized spacial score (nSPS) is 12.8. The number of nitrogens with one attached hydrogen (secondary N) is 1. The molecular formula is C68H129NO5. The van der Waals surface area contributed by atoms with Crippen molar-refractivity contribution in [2.75, 3.05) is 13.2 Å². The van der Waals surface area contributed by atoms with Crippen molar-refractivity contribution in [3.05, 3.63) is 36.5 Å². The Hall–Kier alpha value is -1.92. The number of aliphatic hydroxyl groups is 2. The van der Waals surface area contributed by atoms with E-state index in [0.717, 1.165) is 44.9 Å². The highest BCUT2D eigenvalue weighted by Gasteiger charge is 2.18. The number of aliphatic hydroxyl groups excluding tert-OH is 2. The fourth-order valence-corrected chi connectivity index (χ4v) is 10.3. The van der Waals surface area contributed by atoms with Gasteiger partial charge in [-0.15, -0.1) is 0 Å². The lowest BCUT2D eigenvalue weighted by molar-refractivity contribution is -0.143. The van der Waals surface area contributed by atoms with Crippen LogP contribution in [0, 0.1) is 0 Å². The number of hydrogen-bond donors (Lipinski definition) is 3. The molecule has 0 radical (unpaired) electrons.